The Morgan fingerprint density at radius 2 is 2.21 bits per heavy atom. The molecule has 0 aliphatic rings. The molecule has 106 valence electrons. The molecule has 1 aromatic rings. The van der Waals surface area contributed by atoms with E-state index in [4.69, 9.17) is 10.5 Å². The topological polar surface area (TPSA) is 124 Å². The number of nitrogen functional groups attached to an aromatic ring is 1. The number of thioether (sulfide) groups is 1. The maximum Gasteiger partial charge on any atom is 0.321 e. The van der Waals surface area contributed by atoms with Gasteiger partial charge in [-0.2, -0.15) is 0 Å². The smallest absolute Gasteiger partial charge is 0.321 e. The Balaban J connectivity index is 2.28. The second-order valence-electron chi connectivity index (χ2n) is 3.49. The van der Waals surface area contributed by atoms with Gasteiger partial charge in [-0.25, -0.2) is 4.79 Å². The lowest BCUT2D eigenvalue weighted by molar-refractivity contribution is -0.117. The molecule has 0 fully saturated rings. The number of aromatic nitrogens is 3. The molecule has 3 amide bonds. The zero-order chi connectivity index (χ0) is 14.3. The first-order valence-electron chi connectivity index (χ1n) is 5.39. The summed E-state index contributed by atoms with van der Waals surface area (Å²) in [6, 6.07) is -0.555. The van der Waals surface area contributed by atoms with Gasteiger partial charge < -0.3 is 15.8 Å². The van der Waals surface area contributed by atoms with Crippen molar-refractivity contribution in [2.24, 2.45) is 7.05 Å². The number of urea groups is 1. The van der Waals surface area contributed by atoms with Crippen molar-refractivity contribution in [3.05, 3.63) is 0 Å². The fraction of sp³-hybridized carbons (Fsp3) is 0.556. The number of hydrogen-bond donors (Lipinski definition) is 3. The number of hydrogen-bond acceptors (Lipinski definition) is 7. The zero-order valence-electron chi connectivity index (χ0n) is 10.7. The average molecular weight is 288 g/mol. The average Bonchev–Trinajstić information content (AvgIpc) is 2.68. The number of nitrogens with one attached hydrogen (secondary N) is 2. The zero-order valence-corrected chi connectivity index (χ0v) is 11.5. The quantitative estimate of drug-likeness (QED) is 0.451. The van der Waals surface area contributed by atoms with Crippen LogP contribution < -0.4 is 16.4 Å². The Morgan fingerprint density at radius 1 is 1.47 bits per heavy atom. The van der Waals surface area contributed by atoms with Crippen molar-refractivity contribution in [3.8, 4) is 0 Å². The lowest BCUT2D eigenvalue weighted by Gasteiger charge is -2.05. The first-order valence-corrected chi connectivity index (χ1v) is 6.37. The molecule has 0 aliphatic carbocycles. The summed E-state index contributed by atoms with van der Waals surface area (Å²) in [4.78, 5) is 22.7. The van der Waals surface area contributed by atoms with Crippen molar-refractivity contribution >= 4 is 29.6 Å². The molecular weight excluding hydrogens is 272 g/mol. The number of carbonyl (C=O) groups excluding carboxylic acids is 2. The van der Waals surface area contributed by atoms with E-state index in [9.17, 15) is 9.59 Å². The van der Waals surface area contributed by atoms with Gasteiger partial charge in [0.15, 0.2) is 5.16 Å². The van der Waals surface area contributed by atoms with Gasteiger partial charge in [-0.05, 0) is 0 Å². The summed E-state index contributed by atoms with van der Waals surface area (Å²) in [5.74, 6) is -0.120. The number of rotatable bonds is 6. The summed E-state index contributed by atoms with van der Waals surface area (Å²) >= 11 is 1.14. The summed E-state index contributed by atoms with van der Waals surface area (Å²) in [6.07, 6.45) is 0. The standard InChI is InChI=1S/C9H16N6O3S/c1-15-7(10)13-14-9(15)19-5-6(16)12-8(17)11-3-4-18-2/h3-5H2,1-2H3,(H2,10,13)(H2,11,12,16,17). The van der Waals surface area contributed by atoms with Gasteiger partial charge >= 0.3 is 6.03 Å². The predicted molar refractivity (Wildman–Crippen MR) is 69.6 cm³/mol. The Kier molecular flexibility index (Phi) is 6.09. The highest BCUT2D eigenvalue weighted by molar-refractivity contribution is 7.99. The van der Waals surface area contributed by atoms with Crippen molar-refractivity contribution in [1.29, 1.82) is 0 Å². The third-order valence-electron chi connectivity index (χ3n) is 2.05. The van der Waals surface area contributed by atoms with Crippen LogP contribution in [-0.4, -0.2) is 52.7 Å². The first-order chi connectivity index (χ1) is 9.04. The van der Waals surface area contributed by atoms with Gasteiger partial charge in [0.25, 0.3) is 0 Å². The largest absolute Gasteiger partial charge is 0.383 e. The minimum Gasteiger partial charge on any atom is -0.383 e. The van der Waals surface area contributed by atoms with Gasteiger partial charge in [-0.15, -0.1) is 10.2 Å². The molecule has 0 radical (unpaired) electrons. The second kappa shape index (κ2) is 7.59. The number of nitrogens with zero attached hydrogens (tertiary/aromatic N) is 3. The molecule has 0 bridgehead atoms. The summed E-state index contributed by atoms with van der Waals surface area (Å²) < 4.78 is 6.31. The van der Waals surface area contributed by atoms with Gasteiger partial charge in [-0.1, -0.05) is 11.8 Å². The van der Waals surface area contributed by atoms with E-state index in [2.05, 4.69) is 20.8 Å². The molecule has 10 heteroatoms. The summed E-state index contributed by atoms with van der Waals surface area (Å²) in [5.41, 5.74) is 5.50. The molecule has 0 unspecified atom stereocenters. The highest BCUT2D eigenvalue weighted by Crippen LogP contribution is 2.15. The van der Waals surface area contributed by atoms with Crippen molar-refractivity contribution in [1.82, 2.24) is 25.4 Å². The molecule has 0 aromatic carbocycles. The first kappa shape index (κ1) is 15.2. The lowest BCUT2D eigenvalue weighted by Crippen LogP contribution is -2.41. The minimum absolute atomic E-state index is 0.0453. The van der Waals surface area contributed by atoms with E-state index in [-0.39, 0.29) is 11.7 Å². The van der Waals surface area contributed by atoms with Crippen LogP contribution in [0.2, 0.25) is 0 Å². The summed E-state index contributed by atoms with van der Waals surface area (Å²) in [7, 11) is 3.21. The molecule has 4 N–H and O–H groups in total. The normalized spacial score (nSPS) is 10.2. The van der Waals surface area contributed by atoms with Crippen LogP contribution in [0.25, 0.3) is 0 Å². The van der Waals surface area contributed by atoms with E-state index in [1.54, 1.807) is 11.6 Å². The van der Waals surface area contributed by atoms with Crippen molar-refractivity contribution < 1.29 is 14.3 Å². The van der Waals surface area contributed by atoms with Gasteiger partial charge in [0.05, 0.1) is 12.4 Å². The molecular formula is C9H16N6O3S. The number of carbonyl (C=O) groups is 2. The van der Waals surface area contributed by atoms with Crippen LogP contribution in [-0.2, 0) is 16.6 Å². The van der Waals surface area contributed by atoms with Gasteiger partial charge in [0.1, 0.15) is 0 Å². The van der Waals surface area contributed by atoms with E-state index < -0.39 is 11.9 Å². The van der Waals surface area contributed by atoms with Crippen molar-refractivity contribution in [3.63, 3.8) is 0 Å². The number of amides is 3. The third-order valence-corrected chi connectivity index (χ3v) is 3.07. The van der Waals surface area contributed by atoms with Crippen LogP contribution in [0.5, 0.6) is 0 Å². The highest BCUT2D eigenvalue weighted by Gasteiger charge is 2.11. The van der Waals surface area contributed by atoms with E-state index in [0.717, 1.165) is 11.8 Å². The van der Waals surface area contributed by atoms with Crippen LogP contribution in [0.15, 0.2) is 5.16 Å². The molecule has 0 aliphatic heterocycles. The van der Waals surface area contributed by atoms with E-state index in [1.165, 1.54) is 7.11 Å². The molecule has 0 saturated carbocycles. The SMILES string of the molecule is COCCNC(=O)NC(=O)CSc1nnc(N)n1C. The van der Waals surface area contributed by atoms with E-state index >= 15 is 0 Å². The van der Waals surface area contributed by atoms with E-state index in [1.807, 2.05) is 0 Å². The van der Waals surface area contributed by atoms with Crippen molar-refractivity contribution in [2.75, 3.05) is 31.7 Å². The van der Waals surface area contributed by atoms with E-state index in [0.29, 0.717) is 18.3 Å². The molecule has 0 saturated heterocycles. The van der Waals surface area contributed by atoms with Crippen LogP contribution >= 0.6 is 11.8 Å². The Morgan fingerprint density at radius 3 is 2.79 bits per heavy atom. The predicted octanol–water partition coefficient (Wildman–Crippen LogP) is -1.04. The van der Waals surface area contributed by atoms with Gasteiger partial charge in [0, 0.05) is 20.7 Å². The van der Waals surface area contributed by atoms with Crippen LogP contribution in [0.1, 0.15) is 0 Å². The maximum atomic E-state index is 11.5. The van der Waals surface area contributed by atoms with Gasteiger partial charge in [-0.3, -0.25) is 14.7 Å². The highest BCUT2D eigenvalue weighted by atomic mass is 32.2. The summed E-state index contributed by atoms with van der Waals surface area (Å²) in [6.45, 7) is 0.719. The fourth-order valence-corrected chi connectivity index (χ4v) is 1.77. The fourth-order valence-electron chi connectivity index (χ4n) is 1.06. The number of methoxy groups -OCH3 is 1. The minimum atomic E-state index is -0.555. The Labute approximate surface area is 114 Å². The van der Waals surface area contributed by atoms with Crippen LogP contribution in [0.3, 0.4) is 0 Å². The maximum absolute atomic E-state index is 11.5. The number of imide groups is 1. The number of ether oxygens (including phenoxy) is 1. The monoisotopic (exact) mass is 288 g/mol. The second-order valence-corrected chi connectivity index (χ2v) is 4.43. The molecule has 1 heterocycles. The Hall–Kier alpha value is -1.81. The lowest BCUT2D eigenvalue weighted by atomic mass is 10.6. The number of anilines is 1. The molecule has 9 nitrogen and oxygen atoms in total. The van der Waals surface area contributed by atoms with Crippen LogP contribution in [0.4, 0.5) is 10.7 Å². The molecule has 19 heavy (non-hydrogen) atoms. The molecule has 1 aromatic heterocycles. The Bertz CT molecular complexity index is 449. The third kappa shape index (κ3) is 5.14. The van der Waals surface area contributed by atoms with Gasteiger partial charge in [0.2, 0.25) is 11.9 Å². The molecule has 1 rings (SSSR count). The number of nitrogens with two attached hydrogens (primary N) is 1. The summed E-state index contributed by atoms with van der Waals surface area (Å²) in [5, 5.41) is 12.6. The van der Waals surface area contributed by atoms with Crippen LogP contribution in [0, 0.1) is 0 Å². The molecule has 0 spiro atoms. The van der Waals surface area contributed by atoms with Crippen molar-refractivity contribution in [2.45, 2.75) is 5.16 Å². The molecule has 0 atom stereocenters.